The monoisotopic (exact) mass is 360 g/mol. The Bertz CT molecular complexity index is 797. The molecule has 0 saturated carbocycles. The van der Waals surface area contributed by atoms with Crippen molar-refractivity contribution in [3.05, 3.63) is 51.8 Å². The average Bonchev–Trinajstić information content (AvgIpc) is 3.12. The summed E-state index contributed by atoms with van der Waals surface area (Å²) in [5, 5.41) is 5.41. The molecular weight excluding hydrogens is 348 g/mol. The van der Waals surface area contributed by atoms with Gasteiger partial charge in [-0.2, -0.15) is 9.50 Å². The normalized spacial score (nSPS) is 13.8. The maximum atomic E-state index is 4.61. The van der Waals surface area contributed by atoms with Gasteiger partial charge in [0.25, 0.3) is 5.78 Å². The van der Waals surface area contributed by atoms with E-state index in [1.54, 1.807) is 11.8 Å². The van der Waals surface area contributed by atoms with E-state index in [1.165, 1.54) is 23.2 Å². The Morgan fingerprint density at radius 3 is 2.90 bits per heavy atom. The van der Waals surface area contributed by atoms with Crippen LogP contribution in [-0.4, -0.2) is 19.6 Å². The molecule has 0 saturated heterocycles. The van der Waals surface area contributed by atoms with Crippen LogP contribution in [0.15, 0.2) is 40.1 Å². The fourth-order valence-electron chi connectivity index (χ4n) is 2.61. The predicted octanol–water partition coefficient (Wildman–Crippen LogP) is 3.67. The number of halogens is 1. The molecule has 0 fully saturated rings. The number of hydrogen-bond acceptors (Lipinski definition) is 4. The van der Waals surface area contributed by atoms with Crippen LogP contribution in [0.25, 0.3) is 5.78 Å². The molecule has 0 spiro atoms. The second kappa shape index (κ2) is 5.42. The number of benzene rings is 1. The Balaban J connectivity index is 1.58. The molecule has 1 aliphatic carbocycles. The van der Waals surface area contributed by atoms with E-state index in [-0.39, 0.29) is 0 Å². The number of fused-ring (bicyclic) bond motifs is 3. The Morgan fingerprint density at radius 2 is 2.05 bits per heavy atom. The summed E-state index contributed by atoms with van der Waals surface area (Å²) in [6.07, 6.45) is 5.33. The maximum Gasteiger partial charge on any atom is 0.253 e. The molecule has 0 aliphatic heterocycles. The van der Waals surface area contributed by atoms with E-state index >= 15 is 0 Å². The zero-order chi connectivity index (χ0) is 14.2. The van der Waals surface area contributed by atoms with Gasteiger partial charge in [0.1, 0.15) is 0 Å². The van der Waals surface area contributed by atoms with Crippen LogP contribution in [0.2, 0.25) is 0 Å². The highest BCUT2D eigenvalue weighted by molar-refractivity contribution is 9.10. The van der Waals surface area contributed by atoms with Crippen molar-refractivity contribution in [2.24, 2.45) is 0 Å². The molecule has 0 N–H and O–H groups in total. The zero-order valence-electron chi connectivity index (χ0n) is 11.3. The summed E-state index contributed by atoms with van der Waals surface area (Å²) in [6, 6.07) is 8.34. The molecule has 0 radical (unpaired) electrons. The van der Waals surface area contributed by atoms with Crippen molar-refractivity contribution < 1.29 is 0 Å². The minimum absolute atomic E-state index is 0.717. The summed E-state index contributed by atoms with van der Waals surface area (Å²) < 4.78 is 3.02. The standard InChI is InChI=1S/C15H13BrN4S/c16-12-6-4-10(5-7-12)9-21-15-18-14-17-8-11-2-1-3-13(11)20(14)19-15/h4-8H,1-3,9H2. The molecule has 4 rings (SSSR count). The van der Waals surface area contributed by atoms with Gasteiger partial charge < -0.3 is 0 Å². The molecule has 1 aliphatic rings. The lowest BCUT2D eigenvalue weighted by molar-refractivity contribution is 0.809. The maximum absolute atomic E-state index is 4.61. The number of aromatic nitrogens is 4. The van der Waals surface area contributed by atoms with Crippen LogP contribution in [0, 0.1) is 0 Å². The van der Waals surface area contributed by atoms with Crippen molar-refractivity contribution in [3.63, 3.8) is 0 Å². The smallest absolute Gasteiger partial charge is 0.219 e. The summed E-state index contributed by atoms with van der Waals surface area (Å²) in [5.41, 5.74) is 3.86. The predicted molar refractivity (Wildman–Crippen MR) is 86.5 cm³/mol. The highest BCUT2D eigenvalue weighted by atomic mass is 79.9. The third-order valence-corrected chi connectivity index (χ3v) is 5.11. The first kappa shape index (κ1) is 13.3. The van der Waals surface area contributed by atoms with Crippen LogP contribution in [0.1, 0.15) is 23.2 Å². The van der Waals surface area contributed by atoms with Gasteiger partial charge in [0.2, 0.25) is 5.16 Å². The van der Waals surface area contributed by atoms with Gasteiger partial charge in [0.15, 0.2) is 0 Å². The highest BCUT2D eigenvalue weighted by Crippen LogP contribution is 2.24. The van der Waals surface area contributed by atoms with E-state index in [0.717, 1.165) is 28.2 Å². The van der Waals surface area contributed by atoms with Crippen molar-refractivity contribution >= 4 is 33.5 Å². The molecule has 3 aromatic rings. The van der Waals surface area contributed by atoms with Crippen LogP contribution in [0.3, 0.4) is 0 Å². The van der Waals surface area contributed by atoms with Gasteiger partial charge in [-0.05, 0) is 42.5 Å². The summed E-state index contributed by atoms with van der Waals surface area (Å²) in [7, 11) is 0. The van der Waals surface area contributed by atoms with Crippen molar-refractivity contribution in [2.75, 3.05) is 0 Å². The fraction of sp³-hybridized carbons (Fsp3) is 0.267. The van der Waals surface area contributed by atoms with Crippen LogP contribution in [-0.2, 0) is 18.6 Å². The van der Waals surface area contributed by atoms with E-state index in [9.17, 15) is 0 Å². The van der Waals surface area contributed by atoms with E-state index in [0.29, 0.717) is 5.78 Å². The first-order valence-corrected chi connectivity index (χ1v) is 8.68. The molecule has 2 aromatic heterocycles. The van der Waals surface area contributed by atoms with Crippen molar-refractivity contribution in [2.45, 2.75) is 30.2 Å². The Labute approximate surface area is 135 Å². The van der Waals surface area contributed by atoms with Gasteiger partial charge in [-0.25, -0.2) is 4.98 Å². The molecule has 0 bridgehead atoms. The summed E-state index contributed by atoms with van der Waals surface area (Å²) >= 11 is 5.10. The largest absolute Gasteiger partial charge is 0.253 e. The minimum Gasteiger partial charge on any atom is -0.219 e. The SMILES string of the molecule is Brc1ccc(CSc2nc3ncc4c(n3n2)CCC4)cc1. The third-order valence-electron chi connectivity index (χ3n) is 3.67. The second-order valence-electron chi connectivity index (χ2n) is 5.11. The minimum atomic E-state index is 0.717. The van der Waals surface area contributed by atoms with Crippen LogP contribution >= 0.6 is 27.7 Å². The number of rotatable bonds is 3. The van der Waals surface area contributed by atoms with Crippen LogP contribution in [0.5, 0.6) is 0 Å². The average molecular weight is 361 g/mol. The van der Waals surface area contributed by atoms with Crippen LogP contribution in [0.4, 0.5) is 0 Å². The zero-order valence-corrected chi connectivity index (χ0v) is 13.7. The Hall–Kier alpha value is -1.40. The van der Waals surface area contributed by atoms with Crippen molar-refractivity contribution in [3.8, 4) is 0 Å². The molecule has 1 aromatic carbocycles. The van der Waals surface area contributed by atoms with Crippen molar-refractivity contribution in [1.29, 1.82) is 0 Å². The van der Waals surface area contributed by atoms with Gasteiger partial charge in [-0.15, -0.1) is 5.10 Å². The molecule has 0 amide bonds. The van der Waals surface area contributed by atoms with E-state index in [1.807, 2.05) is 10.7 Å². The second-order valence-corrected chi connectivity index (χ2v) is 6.96. The van der Waals surface area contributed by atoms with Gasteiger partial charge in [0, 0.05) is 16.4 Å². The topological polar surface area (TPSA) is 43.1 Å². The molecular formula is C15H13BrN4S. The molecule has 6 heteroatoms. The van der Waals surface area contributed by atoms with E-state index < -0.39 is 0 Å². The van der Waals surface area contributed by atoms with Gasteiger partial charge >= 0.3 is 0 Å². The van der Waals surface area contributed by atoms with Crippen molar-refractivity contribution in [1.82, 2.24) is 19.6 Å². The summed E-state index contributed by atoms with van der Waals surface area (Å²) in [6.45, 7) is 0. The Kier molecular flexibility index (Phi) is 3.43. The lowest BCUT2D eigenvalue weighted by Gasteiger charge is -1.99. The molecule has 21 heavy (non-hydrogen) atoms. The van der Waals surface area contributed by atoms with E-state index in [2.05, 4.69) is 55.3 Å². The molecule has 0 atom stereocenters. The summed E-state index contributed by atoms with van der Waals surface area (Å²) in [5.74, 6) is 1.58. The molecule has 2 heterocycles. The molecule has 0 unspecified atom stereocenters. The molecule has 4 nitrogen and oxygen atoms in total. The lowest BCUT2D eigenvalue weighted by Crippen LogP contribution is -1.99. The summed E-state index contributed by atoms with van der Waals surface area (Å²) in [4.78, 5) is 8.93. The van der Waals surface area contributed by atoms with Gasteiger partial charge in [0.05, 0.1) is 5.69 Å². The van der Waals surface area contributed by atoms with E-state index in [4.69, 9.17) is 0 Å². The Morgan fingerprint density at radius 1 is 1.19 bits per heavy atom. The molecule has 106 valence electrons. The van der Waals surface area contributed by atoms with Gasteiger partial charge in [-0.1, -0.05) is 39.8 Å². The van der Waals surface area contributed by atoms with Crippen LogP contribution < -0.4 is 0 Å². The number of thioether (sulfide) groups is 1. The highest BCUT2D eigenvalue weighted by Gasteiger charge is 2.17. The fourth-order valence-corrected chi connectivity index (χ4v) is 3.65. The number of hydrogen-bond donors (Lipinski definition) is 0. The first-order chi connectivity index (χ1) is 10.3. The third kappa shape index (κ3) is 2.58. The number of aryl methyl sites for hydroxylation is 2. The number of nitrogens with zero attached hydrogens (tertiary/aromatic N) is 4. The van der Waals surface area contributed by atoms with Gasteiger partial charge in [-0.3, -0.25) is 0 Å². The quantitative estimate of drug-likeness (QED) is 0.668. The first-order valence-electron chi connectivity index (χ1n) is 6.90. The lowest BCUT2D eigenvalue weighted by atomic mass is 10.2.